The van der Waals surface area contributed by atoms with Gasteiger partial charge in [-0.3, -0.25) is 4.79 Å². The summed E-state index contributed by atoms with van der Waals surface area (Å²) < 4.78 is 10.6. The minimum Gasteiger partial charge on any atom is -0.454 e. The molecular weight excluding hydrogens is 244 g/mol. The van der Waals surface area contributed by atoms with E-state index >= 15 is 0 Å². The van der Waals surface area contributed by atoms with Gasteiger partial charge in [0.15, 0.2) is 11.5 Å². The van der Waals surface area contributed by atoms with Crippen molar-refractivity contribution < 1.29 is 14.3 Å². The van der Waals surface area contributed by atoms with Crippen LogP contribution in [0.4, 0.5) is 0 Å². The summed E-state index contributed by atoms with van der Waals surface area (Å²) in [6, 6.07) is 5.76. The lowest BCUT2D eigenvalue weighted by Gasteiger charge is -2.11. The van der Waals surface area contributed by atoms with Gasteiger partial charge < -0.3 is 19.7 Å². The van der Waals surface area contributed by atoms with E-state index in [0.717, 1.165) is 36.6 Å². The molecule has 2 aliphatic heterocycles. The molecular formula is C14H18N2O3. The van der Waals surface area contributed by atoms with E-state index in [0.29, 0.717) is 6.54 Å². The quantitative estimate of drug-likeness (QED) is 0.882. The number of amides is 1. The number of fused-ring (bicyclic) bond motifs is 1. The zero-order valence-electron chi connectivity index (χ0n) is 11.0. The first kappa shape index (κ1) is 12.3. The lowest BCUT2D eigenvalue weighted by molar-refractivity contribution is -0.124. The van der Waals surface area contributed by atoms with Crippen molar-refractivity contribution in [1.29, 1.82) is 0 Å². The van der Waals surface area contributed by atoms with Crippen LogP contribution in [0.2, 0.25) is 0 Å². The fourth-order valence-electron chi connectivity index (χ4n) is 2.53. The van der Waals surface area contributed by atoms with Gasteiger partial charge in [-0.05, 0) is 37.7 Å². The number of benzene rings is 1. The van der Waals surface area contributed by atoms with Gasteiger partial charge in [-0.25, -0.2) is 0 Å². The molecule has 5 heteroatoms. The zero-order chi connectivity index (χ0) is 13.2. The number of hydrogen-bond acceptors (Lipinski definition) is 4. The molecule has 0 aromatic heterocycles. The van der Waals surface area contributed by atoms with E-state index < -0.39 is 0 Å². The summed E-state index contributed by atoms with van der Waals surface area (Å²) in [6.07, 6.45) is 0.948. The highest BCUT2D eigenvalue weighted by molar-refractivity contribution is 5.79. The molecule has 0 aliphatic carbocycles. The third kappa shape index (κ3) is 2.66. The molecule has 0 bridgehead atoms. The molecule has 1 amide bonds. The lowest BCUT2D eigenvalue weighted by Crippen LogP contribution is -2.31. The number of carbonyl (C=O) groups is 1. The van der Waals surface area contributed by atoms with E-state index in [1.54, 1.807) is 0 Å². The number of nitrogens with one attached hydrogen (secondary N) is 1. The van der Waals surface area contributed by atoms with Crippen molar-refractivity contribution >= 4 is 5.91 Å². The van der Waals surface area contributed by atoms with Gasteiger partial charge in [0.2, 0.25) is 12.7 Å². The Morgan fingerprint density at radius 1 is 1.42 bits per heavy atom. The smallest absolute Gasteiger partial charge is 0.231 e. The highest BCUT2D eigenvalue weighted by Crippen LogP contribution is 2.32. The molecule has 1 aromatic carbocycles. The summed E-state index contributed by atoms with van der Waals surface area (Å²) in [5.74, 6) is 1.79. The molecule has 0 spiro atoms. The summed E-state index contributed by atoms with van der Waals surface area (Å²) in [7, 11) is 2.05. The lowest BCUT2D eigenvalue weighted by atomic mass is 10.1. The van der Waals surface area contributed by atoms with Gasteiger partial charge in [0.05, 0.1) is 5.92 Å². The van der Waals surface area contributed by atoms with Gasteiger partial charge in [-0.2, -0.15) is 0 Å². The molecule has 1 unspecified atom stereocenters. The molecule has 1 aromatic rings. The van der Waals surface area contributed by atoms with Crippen LogP contribution in [0.1, 0.15) is 12.0 Å². The second-order valence-electron chi connectivity index (χ2n) is 5.15. The van der Waals surface area contributed by atoms with Gasteiger partial charge in [-0.15, -0.1) is 0 Å². The van der Waals surface area contributed by atoms with Crippen LogP contribution in [0.3, 0.4) is 0 Å². The molecule has 1 saturated heterocycles. The molecule has 1 atom stereocenters. The topological polar surface area (TPSA) is 50.8 Å². The van der Waals surface area contributed by atoms with Crippen LogP contribution in [0.15, 0.2) is 18.2 Å². The molecule has 0 saturated carbocycles. The summed E-state index contributed by atoms with van der Waals surface area (Å²) in [4.78, 5) is 14.2. The van der Waals surface area contributed by atoms with Crippen LogP contribution in [0.25, 0.3) is 0 Å². The van der Waals surface area contributed by atoms with E-state index in [1.807, 2.05) is 25.2 Å². The first-order chi connectivity index (χ1) is 9.22. The summed E-state index contributed by atoms with van der Waals surface area (Å²) in [6.45, 7) is 2.67. The van der Waals surface area contributed by atoms with E-state index in [-0.39, 0.29) is 18.6 Å². The van der Waals surface area contributed by atoms with Crippen molar-refractivity contribution in [3.8, 4) is 11.5 Å². The van der Waals surface area contributed by atoms with E-state index in [2.05, 4.69) is 10.2 Å². The highest BCUT2D eigenvalue weighted by atomic mass is 16.7. The Bertz CT molecular complexity index is 490. The Labute approximate surface area is 112 Å². The second kappa shape index (κ2) is 5.09. The number of likely N-dealkylation sites (tertiary alicyclic amines) is 1. The van der Waals surface area contributed by atoms with Crippen molar-refractivity contribution in [3.63, 3.8) is 0 Å². The number of nitrogens with zero attached hydrogens (tertiary/aromatic N) is 1. The largest absolute Gasteiger partial charge is 0.454 e. The molecule has 19 heavy (non-hydrogen) atoms. The van der Waals surface area contributed by atoms with E-state index in [4.69, 9.17) is 9.47 Å². The third-order valence-electron chi connectivity index (χ3n) is 3.67. The minimum atomic E-state index is 0.124. The SMILES string of the molecule is CN1CCC(C(=O)NCc2ccc3c(c2)OCO3)C1. The van der Waals surface area contributed by atoms with E-state index in [9.17, 15) is 4.79 Å². The summed E-state index contributed by atoms with van der Waals surface area (Å²) in [5.41, 5.74) is 1.03. The van der Waals surface area contributed by atoms with Crippen LogP contribution in [0.5, 0.6) is 11.5 Å². The monoisotopic (exact) mass is 262 g/mol. The molecule has 5 nitrogen and oxygen atoms in total. The Kier molecular flexibility index (Phi) is 3.29. The molecule has 102 valence electrons. The van der Waals surface area contributed by atoms with Crippen molar-refractivity contribution in [2.24, 2.45) is 5.92 Å². The molecule has 2 heterocycles. The van der Waals surface area contributed by atoms with Crippen molar-refractivity contribution in [2.45, 2.75) is 13.0 Å². The Hall–Kier alpha value is -1.75. The number of ether oxygens (including phenoxy) is 2. The highest BCUT2D eigenvalue weighted by Gasteiger charge is 2.25. The van der Waals surface area contributed by atoms with Crippen LogP contribution < -0.4 is 14.8 Å². The molecule has 2 aliphatic rings. The third-order valence-corrected chi connectivity index (χ3v) is 3.67. The van der Waals surface area contributed by atoms with Crippen molar-refractivity contribution in [3.05, 3.63) is 23.8 Å². The normalized spacial score (nSPS) is 21.6. The first-order valence-corrected chi connectivity index (χ1v) is 6.57. The van der Waals surface area contributed by atoms with E-state index in [1.165, 1.54) is 0 Å². The molecule has 1 N–H and O–H groups in total. The fraction of sp³-hybridized carbons (Fsp3) is 0.500. The molecule has 0 radical (unpaired) electrons. The average molecular weight is 262 g/mol. The number of rotatable bonds is 3. The van der Waals surface area contributed by atoms with Crippen LogP contribution in [-0.2, 0) is 11.3 Å². The molecule has 3 rings (SSSR count). The Morgan fingerprint density at radius 2 is 2.26 bits per heavy atom. The minimum absolute atomic E-state index is 0.124. The zero-order valence-corrected chi connectivity index (χ0v) is 11.0. The maximum atomic E-state index is 12.0. The van der Waals surface area contributed by atoms with Crippen LogP contribution in [0, 0.1) is 5.92 Å². The number of hydrogen-bond donors (Lipinski definition) is 1. The Balaban J connectivity index is 1.56. The predicted octanol–water partition coefficient (Wildman–Crippen LogP) is 0.983. The fourth-order valence-corrected chi connectivity index (χ4v) is 2.53. The summed E-state index contributed by atoms with van der Waals surface area (Å²) >= 11 is 0. The maximum Gasteiger partial charge on any atom is 0.231 e. The van der Waals surface area contributed by atoms with Crippen LogP contribution in [-0.4, -0.2) is 37.7 Å². The second-order valence-corrected chi connectivity index (χ2v) is 5.15. The number of carbonyl (C=O) groups excluding carboxylic acids is 1. The van der Waals surface area contributed by atoms with Crippen molar-refractivity contribution in [1.82, 2.24) is 10.2 Å². The predicted molar refractivity (Wildman–Crippen MR) is 70.0 cm³/mol. The van der Waals surface area contributed by atoms with Gasteiger partial charge >= 0.3 is 0 Å². The summed E-state index contributed by atoms with van der Waals surface area (Å²) in [5, 5.41) is 2.99. The van der Waals surface area contributed by atoms with Gasteiger partial charge in [0.1, 0.15) is 0 Å². The van der Waals surface area contributed by atoms with Gasteiger partial charge in [-0.1, -0.05) is 6.07 Å². The maximum absolute atomic E-state index is 12.0. The van der Waals surface area contributed by atoms with Crippen molar-refractivity contribution in [2.75, 3.05) is 26.9 Å². The first-order valence-electron chi connectivity index (χ1n) is 6.57. The molecule has 1 fully saturated rings. The van der Waals surface area contributed by atoms with Crippen LogP contribution >= 0.6 is 0 Å². The Morgan fingerprint density at radius 3 is 3.05 bits per heavy atom. The van der Waals surface area contributed by atoms with Gasteiger partial charge in [0.25, 0.3) is 0 Å². The van der Waals surface area contributed by atoms with Gasteiger partial charge in [0, 0.05) is 13.1 Å². The standard InChI is InChI=1S/C14H18N2O3/c1-16-5-4-11(8-16)14(17)15-7-10-2-3-12-13(6-10)19-9-18-12/h2-3,6,11H,4-5,7-9H2,1H3,(H,15,17). The average Bonchev–Trinajstić information content (AvgIpc) is 3.03.